The van der Waals surface area contributed by atoms with E-state index in [1.807, 2.05) is 20.8 Å². The van der Waals surface area contributed by atoms with Gasteiger partial charge in [-0.25, -0.2) is 0 Å². The van der Waals surface area contributed by atoms with E-state index in [1.54, 1.807) is 7.05 Å². The Bertz CT molecular complexity index is 368. The quantitative estimate of drug-likeness (QED) is 0.810. The van der Waals surface area contributed by atoms with Crippen LogP contribution in [-0.2, 0) is 9.59 Å². The number of carbonyl (C=O) groups is 2. The average Bonchev–Trinajstić information content (AvgIpc) is 2.37. The molecule has 0 aromatic heterocycles. The van der Waals surface area contributed by atoms with Crippen LogP contribution in [0.2, 0.25) is 0 Å². The van der Waals surface area contributed by atoms with Gasteiger partial charge in [0.25, 0.3) is 0 Å². The minimum absolute atomic E-state index is 0.0198. The zero-order valence-electron chi connectivity index (χ0n) is 14.0. The van der Waals surface area contributed by atoms with Gasteiger partial charge in [0, 0.05) is 19.0 Å². The van der Waals surface area contributed by atoms with Gasteiger partial charge in [-0.2, -0.15) is 0 Å². The third kappa shape index (κ3) is 6.04. The Kier molecular flexibility index (Phi) is 6.20. The second-order valence-corrected chi connectivity index (χ2v) is 7.49. The third-order valence-corrected chi connectivity index (χ3v) is 4.19. The van der Waals surface area contributed by atoms with Crippen molar-refractivity contribution >= 4 is 11.8 Å². The molecule has 0 spiro atoms. The topological polar surface area (TPSA) is 75.4 Å². The fourth-order valence-electron chi connectivity index (χ4n) is 2.97. The van der Waals surface area contributed by atoms with Crippen molar-refractivity contribution in [1.82, 2.24) is 10.2 Å². The summed E-state index contributed by atoms with van der Waals surface area (Å²) in [5.41, 5.74) is 5.59. The first-order valence-electron chi connectivity index (χ1n) is 7.92. The maximum absolute atomic E-state index is 12.4. The average molecular weight is 297 g/mol. The summed E-state index contributed by atoms with van der Waals surface area (Å²) in [6.07, 6.45) is 6.05. The van der Waals surface area contributed by atoms with E-state index in [4.69, 9.17) is 5.73 Å². The van der Waals surface area contributed by atoms with Crippen LogP contribution in [-0.4, -0.2) is 42.4 Å². The van der Waals surface area contributed by atoms with Crippen molar-refractivity contribution in [3.8, 4) is 0 Å². The molecule has 1 saturated carbocycles. The Labute approximate surface area is 128 Å². The van der Waals surface area contributed by atoms with Crippen LogP contribution in [0.5, 0.6) is 0 Å². The molecule has 0 atom stereocenters. The molecule has 5 nitrogen and oxygen atoms in total. The molecule has 0 aromatic rings. The predicted octanol–water partition coefficient (Wildman–Crippen LogP) is 1.66. The van der Waals surface area contributed by atoms with Crippen LogP contribution in [0.25, 0.3) is 0 Å². The Morgan fingerprint density at radius 1 is 1.19 bits per heavy atom. The van der Waals surface area contributed by atoms with Gasteiger partial charge in [-0.1, -0.05) is 19.3 Å². The summed E-state index contributed by atoms with van der Waals surface area (Å²) in [5.74, 6) is -0.102. The summed E-state index contributed by atoms with van der Waals surface area (Å²) >= 11 is 0. The molecule has 0 heterocycles. The van der Waals surface area contributed by atoms with Crippen LogP contribution < -0.4 is 11.1 Å². The predicted molar refractivity (Wildman–Crippen MR) is 84.7 cm³/mol. The smallest absolute Gasteiger partial charge is 0.240 e. The third-order valence-electron chi connectivity index (χ3n) is 4.19. The standard InChI is InChI=1S/C16H31N3O2/c1-15(2,3)18-13(20)11-19(4)14(21)10-16(12-17)8-6-5-7-9-16/h5-12,17H2,1-4H3,(H,18,20). The van der Waals surface area contributed by atoms with E-state index in [0.29, 0.717) is 13.0 Å². The van der Waals surface area contributed by atoms with Crippen molar-refractivity contribution in [2.75, 3.05) is 20.1 Å². The van der Waals surface area contributed by atoms with E-state index in [9.17, 15) is 9.59 Å². The zero-order chi connectivity index (χ0) is 16.1. The van der Waals surface area contributed by atoms with Gasteiger partial charge in [0.2, 0.25) is 11.8 Å². The highest BCUT2D eigenvalue weighted by atomic mass is 16.2. The van der Waals surface area contributed by atoms with Crippen LogP contribution in [0.3, 0.4) is 0 Å². The molecule has 0 radical (unpaired) electrons. The number of nitrogens with one attached hydrogen (secondary N) is 1. The molecule has 0 unspecified atom stereocenters. The summed E-state index contributed by atoms with van der Waals surface area (Å²) in [5, 5.41) is 2.87. The highest BCUT2D eigenvalue weighted by molar-refractivity contribution is 5.85. The van der Waals surface area contributed by atoms with Crippen molar-refractivity contribution in [3.63, 3.8) is 0 Å². The number of carbonyl (C=O) groups excluding carboxylic acids is 2. The number of likely N-dealkylation sites (N-methyl/N-ethyl adjacent to an activating group) is 1. The lowest BCUT2D eigenvalue weighted by Gasteiger charge is -2.36. The molecule has 0 aliphatic heterocycles. The van der Waals surface area contributed by atoms with Crippen molar-refractivity contribution in [2.45, 2.75) is 64.8 Å². The van der Waals surface area contributed by atoms with Crippen LogP contribution in [0.4, 0.5) is 0 Å². The number of nitrogens with two attached hydrogens (primary N) is 1. The van der Waals surface area contributed by atoms with Crippen molar-refractivity contribution in [1.29, 1.82) is 0 Å². The SMILES string of the molecule is CN(CC(=O)NC(C)(C)C)C(=O)CC1(CN)CCCCC1. The highest BCUT2D eigenvalue weighted by Crippen LogP contribution is 2.38. The van der Waals surface area contributed by atoms with Gasteiger partial charge in [-0.15, -0.1) is 0 Å². The zero-order valence-corrected chi connectivity index (χ0v) is 14.0. The van der Waals surface area contributed by atoms with E-state index in [-0.39, 0.29) is 29.3 Å². The van der Waals surface area contributed by atoms with Gasteiger partial charge in [0.15, 0.2) is 0 Å². The van der Waals surface area contributed by atoms with Gasteiger partial charge < -0.3 is 16.0 Å². The molecule has 0 aromatic carbocycles. The molecule has 0 bridgehead atoms. The maximum atomic E-state index is 12.4. The van der Waals surface area contributed by atoms with Gasteiger partial charge in [-0.05, 0) is 45.6 Å². The lowest BCUT2D eigenvalue weighted by Crippen LogP contribution is -2.47. The Balaban J connectivity index is 2.52. The highest BCUT2D eigenvalue weighted by Gasteiger charge is 2.34. The van der Waals surface area contributed by atoms with E-state index in [1.165, 1.54) is 11.3 Å². The molecule has 21 heavy (non-hydrogen) atoms. The fourth-order valence-corrected chi connectivity index (χ4v) is 2.97. The first-order valence-corrected chi connectivity index (χ1v) is 7.92. The Morgan fingerprint density at radius 3 is 2.24 bits per heavy atom. The van der Waals surface area contributed by atoms with Gasteiger partial charge >= 0.3 is 0 Å². The minimum Gasteiger partial charge on any atom is -0.350 e. The van der Waals surface area contributed by atoms with Crippen LogP contribution in [0, 0.1) is 5.41 Å². The van der Waals surface area contributed by atoms with E-state index in [2.05, 4.69) is 5.32 Å². The van der Waals surface area contributed by atoms with Crippen LogP contribution in [0.1, 0.15) is 59.3 Å². The number of amides is 2. The monoisotopic (exact) mass is 297 g/mol. The van der Waals surface area contributed by atoms with E-state index >= 15 is 0 Å². The molecule has 0 saturated heterocycles. The number of hydrogen-bond donors (Lipinski definition) is 2. The largest absolute Gasteiger partial charge is 0.350 e. The fraction of sp³-hybridized carbons (Fsp3) is 0.875. The normalized spacial score (nSPS) is 18.1. The summed E-state index contributed by atoms with van der Waals surface area (Å²) in [6, 6.07) is 0. The van der Waals surface area contributed by atoms with Gasteiger partial charge in [0.05, 0.1) is 6.54 Å². The molecule has 1 rings (SSSR count). The summed E-state index contributed by atoms with van der Waals surface area (Å²) in [6.45, 7) is 6.45. The minimum atomic E-state index is -0.275. The molecule has 1 aliphatic rings. The lowest BCUT2D eigenvalue weighted by atomic mass is 9.71. The first-order chi connectivity index (χ1) is 9.67. The van der Waals surface area contributed by atoms with Crippen molar-refractivity contribution < 1.29 is 9.59 Å². The van der Waals surface area contributed by atoms with Gasteiger partial charge in [0.1, 0.15) is 0 Å². The second kappa shape index (κ2) is 7.25. The summed E-state index contributed by atoms with van der Waals surface area (Å²) in [7, 11) is 1.69. The molecular weight excluding hydrogens is 266 g/mol. The number of hydrogen-bond acceptors (Lipinski definition) is 3. The summed E-state index contributed by atoms with van der Waals surface area (Å²) < 4.78 is 0. The van der Waals surface area contributed by atoms with Gasteiger partial charge in [-0.3, -0.25) is 9.59 Å². The van der Waals surface area contributed by atoms with Crippen LogP contribution in [0.15, 0.2) is 0 Å². The van der Waals surface area contributed by atoms with E-state index in [0.717, 1.165) is 25.7 Å². The Hall–Kier alpha value is -1.10. The van der Waals surface area contributed by atoms with E-state index < -0.39 is 0 Å². The molecular formula is C16H31N3O2. The lowest BCUT2D eigenvalue weighted by molar-refractivity contribution is -0.137. The maximum Gasteiger partial charge on any atom is 0.240 e. The summed E-state index contributed by atoms with van der Waals surface area (Å²) in [4.78, 5) is 25.8. The molecule has 1 aliphatic carbocycles. The number of rotatable bonds is 5. The molecule has 1 fully saturated rings. The molecule has 3 N–H and O–H groups in total. The first kappa shape index (κ1) is 18.0. The van der Waals surface area contributed by atoms with Crippen molar-refractivity contribution in [3.05, 3.63) is 0 Å². The molecule has 122 valence electrons. The molecule has 2 amide bonds. The molecule has 5 heteroatoms. The van der Waals surface area contributed by atoms with Crippen LogP contribution >= 0.6 is 0 Å². The second-order valence-electron chi connectivity index (χ2n) is 7.49. The van der Waals surface area contributed by atoms with Crippen molar-refractivity contribution in [2.24, 2.45) is 11.1 Å². The Morgan fingerprint density at radius 2 is 1.76 bits per heavy atom. The number of nitrogens with zero attached hydrogens (tertiary/aromatic N) is 1.